The third-order valence-electron chi connectivity index (χ3n) is 3.58. The Morgan fingerprint density at radius 2 is 2.12 bits per heavy atom. The van der Waals surface area contributed by atoms with E-state index in [1.54, 1.807) is 0 Å². The number of hydrogen-bond donors (Lipinski definition) is 1. The molecule has 1 aliphatic heterocycles. The summed E-state index contributed by atoms with van der Waals surface area (Å²) in [4.78, 5) is 13.8. The Kier molecular flexibility index (Phi) is 5.92. The number of esters is 1. The molecule has 0 aromatic heterocycles. The van der Waals surface area contributed by atoms with Crippen molar-refractivity contribution in [2.45, 2.75) is 64.1 Å². The predicted molar refractivity (Wildman–Crippen MR) is 66.7 cm³/mol. The molecule has 100 valence electrons. The maximum atomic E-state index is 11.6. The monoisotopic (exact) mass is 243 g/mol. The number of hydrogen-bond acceptors (Lipinski definition) is 4. The molecular weight excluding hydrogens is 218 g/mol. The molecule has 1 fully saturated rings. The summed E-state index contributed by atoms with van der Waals surface area (Å²) >= 11 is 0. The third kappa shape index (κ3) is 4.28. The van der Waals surface area contributed by atoms with Crippen LogP contribution < -0.4 is 0 Å². The van der Waals surface area contributed by atoms with Gasteiger partial charge in [-0.25, -0.2) is 0 Å². The van der Waals surface area contributed by atoms with E-state index in [0.717, 1.165) is 25.8 Å². The minimum atomic E-state index is -0.314. The van der Waals surface area contributed by atoms with Crippen LogP contribution in [0.3, 0.4) is 0 Å². The molecule has 1 heterocycles. The molecule has 3 atom stereocenters. The summed E-state index contributed by atoms with van der Waals surface area (Å²) < 4.78 is 4.82. The first-order chi connectivity index (χ1) is 8.06. The molecule has 4 heteroatoms. The molecule has 0 aliphatic carbocycles. The van der Waals surface area contributed by atoms with Crippen LogP contribution in [0.4, 0.5) is 0 Å². The Bertz CT molecular complexity index is 243. The smallest absolute Gasteiger partial charge is 0.322 e. The summed E-state index contributed by atoms with van der Waals surface area (Å²) in [5.74, 6) is -0.178. The van der Waals surface area contributed by atoms with E-state index in [4.69, 9.17) is 4.74 Å². The van der Waals surface area contributed by atoms with Crippen molar-refractivity contribution in [3.8, 4) is 0 Å². The summed E-state index contributed by atoms with van der Waals surface area (Å²) in [6.45, 7) is 4.63. The van der Waals surface area contributed by atoms with Gasteiger partial charge >= 0.3 is 5.97 Å². The van der Waals surface area contributed by atoms with Crippen LogP contribution in [0.15, 0.2) is 0 Å². The van der Waals surface area contributed by atoms with E-state index in [2.05, 4.69) is 4.90 Å². The van der Waals surface area contributed by atoms with Crippen molar-refractivity contribution in [3.63, 3.8) is 0 Å². The number of ether oxygens (including phenoxy) is 1. The summed E-state index contributed by atoms with van der Waals surface area (Å²) in [7, 11) is 1.43. The van der Waals surface area contributed by atoms with E-state index in [1.807, 2.05) is 13.8 Å². The van der Waals surface area contributed by atoms with Gasteiger partial charge in [0.2, 0.25) is 0 Å². The van der Waals surface area contributed by atoms with Gasteiger partial charge in [0.15, 0.2) is 0 Å². The van der Waals surface area contributed by atoms with E-state index in [-0.39, 0.29) is 18.1 Å². The van der Waals surface area contributed by atoms with E-state index in [0.29, 0.717) is 6.04 Å². The first kappa shape index (κ1) is 14.5. The second-order valence-electron chi connectivity index (χ2n) is 5.02. The lowest BCUT2D eigenvalue weighted by Crippen LogP contribution is -2.47. The molecule has 1 aliphatic rings. The lowest BCUT2D eigenvalue weighted by molar-refractivity contribution is -0.147. The summed E-state index contributed by atoms with van der Waals surface area (Å²) in [6.07, 6.45) is 5.00. The van der Waals surface area contributed by atoms with Crippen LogP contribution in [-0.2, 0) is 9.53 Å². The number of likely N-dealkylation sites (tertiary alicyclic amines) is 1. The van der Waals surface area contributed by atoms with Crippen LogP contribution in [0.5, 0.6) is 0 Å². The van der Waals surface area contributed by atoms with E-state index < -0.39 is 0 Å². The topological polar surface area (TPSA) is 49.8 Å². The van der Waals surface area contributed by atoms with Crippen LogP contribution in [0, 0.1) is 0 Å². The highest BCUT2D eigenvalue weighted by atomic mass is 16.5. The van der Waals surface area contributed by atoms with Crippen molar-refractivity contribution in [1.82, 2.24) is 4.90 Å². The zero-order valence-electron chi connectivity index (χ0n) is 11.2. The molecule has 4 nitrogen and oxygen atoms in total. The van der Waals surface area contributed by atoms with Crippen molar-refractivity contribution >= 4 is 5.97 Å². The van der Waals surface area contributed by atoms with Crippen molar-refractivity contribution in [2.75, 3.05) is 13.7 Å². The van der Waals surface area contributed by atoms with E-state index in [1.165, 1.54) is 20.0 Å². The lowest BCUT2D eigenvalue weighted by atomic mass is 10.0. The summed E-state index contributed by atoms with van der Waals surface area (Å²) in [6, 6.07) is 0.0912. The lowest BCUT2D eigenvalue weighted by Gasteiger charge is -2.34. The van der Waals surface area contributed by atoms with Gasteiger partial charge in [-0.2, -0.15) is 0 Å². The zero-order valence-corrected chi connectivity index (χ0v) is 11.2. The van der Waals surface area contributed by atoms with Gasteiger partial charge in [0, 0.05) is 6.04 Å². The molecule has 0 radical (unpaired) electrons. The number of aliphatic hydroxyl groups is 1. The maximum Gasteiger partial charge on any atom is 0.322 e. The van der Waals surface area contributed by atoms with Crippen LogP contribution >= 0.6 is 0 Å². The molecule has 0 bridgehead atoms. The van der Waals surface area contributed by atoms with Crippen LogP contribution in [0.25, 0.3) is 0 Å². The Labute approximate surface area is 104 Å². The standard InChI is InChI=1S/C13H25NO3/c1-10(15)9-12-7-5-4-6-8-14(12)11(2)13(16)17-3/h10-12,15H,4-9H2,1-3H3. The largest absolute Gasteiger partial charge is 0.468 e. The van der Waals surface area contributed by atoms with Crippen molar-refractivity contribution in [3.05, 3.63) is 0 Å². The number of carbonyl (C=O) groups is 1. The molecule has 0 aromatic rings. The number of rotatable bonds is 4. The normalized spacial score (nSPS) is 26.0. The molecule has 0 saturated carbocycles. The molecule has 0 amide bonds. The predicted octanol–water partition coefficient (Wildman–Crippen LogP) is 1.56. The molecule has 3 unspecified atom stereocenters. The average Bonchev–Trinajstić information content (AvgIpc) is 2.51. The Morgan fingerprint density at radius 1 is 1.41 bits per heavy atom. The van der Waals surface area contributed by atoms with Gasteiger partial charge < -0.3 is 9.84 Å². The molecule has 0 spiro atoms. The number of nitrogens with zero attached hydrogens (tertiary/aromatic N) is 1. The molecule has 1 N–H and O–H groups in total. The SMILES string of the molecule is COC(=O)C(C)N1CCCCCC1CC(C)O. The fraction of sp³-hybridized carbons (Fsp3) is 0.923. The fourth-order valence-electron chi connectivity index (χ4n) is 2.66. The third-order valence-corrected chi connectivity index (χ3v) is 3.58. The van der Waals surface area contributed by atoms with Crippen LogP contribution in [0.1, 0.15) is 46.0 Å². The summed E-state index contributed by atoms with van der Waals surface area (Å²) in [5.41, 5.74) is 0. The molecule has 17 heavy (non-hydrogen) atoms. The Morgan fingerprint density at radius 3 is 2.71 bits per heavy atom. The number of carbonyl (C=O) groups excluding carboxylic acids is 1. The number of aliphatic hydroxyl groups excluding tert-OH is 1. The zero-order chi connectivity index (χ0) is 12.8. The van der Waals surface area contributed by atoms with Gasteiger partial charge in [-0.05, 0) is 39.7 Å². The van der Waals surface area contributed by atoms with Gasteiger partial charge in [0.05, 0.1) is 13.2 Å². The first-order valence-electron chi connectivity index (χ1n) is 6.58. The molecular formula is C13H25NO3. The highest BCUT2D eigenvalue weighted by molar-refractivity contribution is 5.75. The molecule has 1 saturated heterocycles. The van der Waals surface area contributed by atoms with Crippen molar-refractivity contribution < 1.29 is 14.6 Å². The molecule has 0 aromatic carbocycles. The van der Waals surface area contributed by atoms with E-state index >= 15 is 0 Å². The number of methoxy groups -OCH3 is 1. The quantitative estimate of drug-likeness (QED) is 0.761. The highest BCUT2D eigenvalue weighted by Crippen LogP contribution is 2.23. The van der Waals surface area contributed by atoms with Crippen LogP contribution in [0.2, 0.25) is 0 Å². The van der Waals surface area contributed by atoms with Gasteiger partial charge in [-0.1, -0.05) is 12.8 Å². The fourth-order valence-corrected chi connectivity index (χ4v) is 2.66. The minimum absolute atomic E-state index is 0.178. The summed E-state index contributed by atoms with van der Waals surface area (Å²) in [5, 5.41) is 9.55. The van der Waals surface area contributed by atoms with Gasteiger partial charge in [-0.15, -0.1) is 0 Å². The van der Waals surface area contributed by atoms with Gasteiger partial charge in [-0.3, -0.25) is 9.69 Å². The van der Waals surface area contributed by atoms with Gasteiger partial charge in [0.25, 0.3) is 0 Å². The Balaban J connectivity index is 2.70. The van der Waals surface area contributed by atoms with Crippen molar-refractivity contribution in [1.29, 1.82) is 0 Å². The highest BCUT2D eigenvalue weighted by Gasteiger charge is 2.30. The second-order valence-corrected chi connectivity index (χ2v) is 5.02. The van der Waals surface area contributed by atoms with E-state index in [9.17, 15) is 9.90 Å². The van der Waals surface area contributed by atoms with Gasteiger partial charge in [0.1, 0.15) is 6.04 Å². The maximum absolute atomic E-state index is 11.6. The second kappa shape index (κ2) is 6.97. The Hall–Kier alpha value is -0.610. The molecule has 1 rings (SSSR count). The van der Waals surface area contributed by atoms with Crippen LogP contribution in [-0.4, -0.2) is 47.8 Å². The van der Waals surface area contributed by atoms with Crippen molar-refractivity contribution in [2.24, 2.45) is 0 Å². The average molecular weight is 243 g/mol. The first-order valence-corrected chi connectivity index (χ1v) is 6.58. The minimum Gasteiger partial charge on any atom is -0.468 e.